The number of fused-ring (bicyclic) bond motifs is 1. The lowest BCUT2D eigenvalue weighted by atomic mass is 9.77. The van der Waals surface area contributed by atoms with Crippen molar-refractivity contribution in [3.8, 4) is 5.75 Å². The van der Waals surface area contributed by atoms with Crippen LogP contribution in [0, 0.1) is 5.92 Å². The zero-order chi connectivity index (χ0) is 11.6. The van der Waals surface area contributed by atoms with Gasteiger partial charge in [-0.15, -0.1) is 0 Å². The first-order valence-electron chi connectivity index (χ1n) is 6.01. The summed E-state index contributed by atoms with van der Waals surface area (Å²) < 4.78 is 5.28. The van der Waals surface area contributed by atoms with Crippen molar-refractivity contribution in [3.63, 3.8) is 0 Å². The lowest BCUT2D eigenvalue weighted by molar-refractivity contribution is 0.0995. The van der Waals surface area contributed by atoms with Gasteiger partial charge in [0.2, 0.25) is 0 Å². The molecule has 2 unspecified atom stereocenters. The van der Waals surface area contributed by atoms with Gasteiger partial charge in [0.15, 0.2) is 5.78 Å². The van der Waals surface area contributed by atoms with Crippen LogP contribution in [0.3, 0.4) is 0 Å². The Morgan fingerprint density at radius 2 is 2.35 bits per heavy atom. The highest BCUT2D eigenvalue weighted by Crippen LogP contribution is 2.62. The van der Waals surface area contributed by atoms with Gasteiger partial charge in [-0.25, -0.2) is 0 Å². The Morgan fingerprint density at radius 1 is 1.47 bits per heavy atom. The molecular formula is C14H13NO2. The van der Waals surface area contributed by atoms with Crippen molar-refractivity contribution in [2.24, 2.45) is 10.9 Å². The number of hydrogen-bond donors (Lipinski definition) is 0. The molecule has 1 heterocycles. The summed E-state index contributed by atoms with van der Waals surface area (Å²) in [7, 11) is 1.66. The van der Waals surface area contributed by atoms with E-state index in [9.17, 15) is 4.79 Å². The number of aliphatic imine (C=N–C) groups is 1. The molecule has 3 aliphatic rings. The number of methoxy groups -OCH3 is 1. The first-order valence-corrected chi connectivity index (χ1v) is 6.01. The summed E-state index contributed by atoms with van der Waals surface area (Å²) in [5, 5.41) is 0. The van der Waals surface area contributed by atoms with Crippen molar-refractivity contribution in [1.82, 2.24) is 0 Å². The van der Waals surface area contributed by atoms with Gasteiger partial charge < -0.3 is 4.74 Å². The van der Waals surface area contributed by atoms with Crippen LogP contribution in [-0.4, -0.2) is 25.1 Å². The van der Waals surface area contributed by atoms with E-state index in [0.717, 1.165) is 29.1 Å². The number of benzene rings is 1. The number of Topliss-reactive ketones (excluding diaryl/α,β-unsaturated/α-hetero) is 1. The van der Waals surface area contributed by atoms with Crippen LogP contribution in [0.2, 0.25) is 0 Å². The molecule has 0 aromatic heterocycles. The van der Waals surface area contributed by atoms with E-state index < -0.39 is 0 Å². The molecule has 17 heavy (non-hydrogen) atoms. The second-order valence-electron chi connectivity index (χ2n) is 5.17. The molecule has 0 bridgehead atoms. The third-order valence-electron chi connectivity index (χ3n) is 4.46. The van der Waals surface area contributed by atoms with Crippen molar-refractivity contribution in [2.45, 2.75) is 18.3 Å². The van der Waals surface area contributed by atoms with E-state index in [1.165, 1.54) is 6.42 Å². The van der Waals surface area contributed by atoms with Crippen molar-refractivity contribution < 1.29 is 9.53 Å². The van der Waals surface area contributed by atoms with Gasteiger partial charge in [-0.1, -0.05) is 0 Å². The van der Waals surface area contributed by atoms with Crippen molar-refractivity contribution in [1.29, 1.82) is 0 Å². The molecule has 0 radical (unpaired) electrons. The lowest BCUT2D eigenvalue weighted by Crippen LogP contribution is -2.30. The van der Waals surface area contributed by atoms with E-state index in [4.69, 9.17) is 4.74 Å². The molecule has 1 aliphatic heterocycles. The molecule has 1 spiro atoms. The van der Waals surface area contributed by atoms with Crippen LogP contribution < -0.4 is 4.74 Å². The van der Waals surface area contributed by atoms with Crippen LogP contribution in [0.1, 0.15) is 28.8 Å². The predicted molar refractivity (Wildman–Crippen MR) is 64.0 cm³/mol. The average molecular weight is 227 g/mol. The fraction of sp³-hybridized carbons (Fsp3) is 0.429. The largest absolute Gasteiger partial charge is 0.497 e. The molecule has 1 aromatic carbocycles. The highest BCUT2D eigenvalue weighted by atomic mass is 16.5. The molecular weight excluding hydrogens is 214 g/mol. The fourth-order valence-corrected chi connectivity index (χ4v) is 3.47. The first kappa shape index (κ1) is 9.40. The number of carbonyl (C=O) groups is 1. The Balaban J connectivity index is 1.97. The quantitative estimate of drug-likeness (QED) is 0.736. The SMILES string of the molecule is COc1ccc2c(c1)C13CC1CN=C3CC2=O. The summed E-state index contributed by atoms with van der Waals surface area (Å²) in [5.41, 5.74) is 3.27. The smallest absolute Gasteiger partial charge is 0.168 e. The number of hydrogen-bond acceptors (Lipinski definition) is 3. The molecule has 0 N–H and O–H groups in total. The van der Waals surface area contributed by atoms with Gasteiger partial charge in [0.1, 0.15) is 5.75 Å². The summed E-state index contributed by atoms with van der Waals surface area (Å²) >= 11 is 0. The van der Waals surface area contributed by atoms with Gasteiger partial charge in [-0.2, -0.15) is 0 Å². The third kappa shape index (κ3) is 0.978. The number of ketones is 1. The Bertz CT molecular complexity index is 576. The summed E-state index contributed by atoms with van der Waals surface area (Å²) in [6.07, 6.45) is 1.69. The van der Waals surface area contributed by atoms with E-state index in [1.807, 2.05) is 18.2 Å². The second-order valence-corrected chi connectivity index (χ2v) is 5.17. The van der Waals surface area contributed by atoms with Gasteiger partial charge >= 0.3 is 0 Å². The maximum absolute atomic E-state index is 12.1. The molecule has 1 saturated carbocycles. The number of carbonyl (C=O) groups excluding carboxylic acids is 1. The standard InChI is InChI=1S/C14H13NO2/c1-17-9-2-3-10-11(4-9)14-6-8(14)7-15-13(14)5-12(10)16/h2-4,8H,5-7H2,1H3. The van der Waals surface area contributed by atoms with Crippen LogP contribution in [0.15, 0.2) is 23.2 Å². The van der Waals surface area contributed by atoms with E-state index >= 15 is 0 Å². The summed E-state index contributed by atoms with van der Waals surface area (Å²) in [5.74, 6) is 1.68. The third-order valence-corrected chi connectivity index (χ3v) is 4.46. The molecule has 2 aliphatic carbocycles. The van der Waals surface area contributed by atoms with Crippen LogP contribution >= 0.6 is 0 Å². The zero-order valence-electron chi connectivity index (χ0n) is 9.69. The summed E-state index contributed by atoms with van der Waals surface area (Å²) in [6, 6.07) is 5.82. The van der Waals surface area contributed by atoms with E-state index in [2.05, 4.69) is 4.99 Å². The monoisotopic (exact) mass is 227 g/mol. The van der Waals surface area contributed by atoms with E-state index in [1.54, 1.807) is 7.11 Å². The lowest BCUT2D eigenvalue weighted by Gasteiger charge is -2.25. The molecule has 3 nitrogen and oxygen atoms in total. The molecule has 4 rings (SSSR count). The highest BCUT2D eigenvalue weighted by Gasteiger charge is 2.64. The maximum atomic E-state index is 12.1. The van der Waals surface area contributed by atoms with E-state index in [-0.39, 0.29) is 11.2 Å². The van der Waals surface area contributed by atoms with Gasteiger partial charge in [0.25, 0.3) is 0 Å². The van der Waals surface area contributed by atoms with Gasteiger partial charge in [0, 0.05) is 29.7 Å². The van der Waals surface area contributed by atoms with Crippen LogP contribution in [0.25, 0.3) is 0 Å². The Kier molecular flexibility index (Phi) is 1.54. The predicted octanol–water partition coefficient (Wildman–Crippen LogP) is 1.99. The molecule has 0 amide bonds. The Labute approximate surface area is 99.5 Å². The molecule has 2 atom stereocenters. The molecule has 3 heteroatoms. The van der Waals surface area contributed by atoms with Crippen LogP contribution in [-0.2, 0) is 5.41 Å². The minimum absolute atomic E-state index is 0.109. The van der Waals surface area contributed by atoms with Gasteiger partial charge in [-0.05, 0) is 36.1 Å². The molecule has 1 fully saturated rings. The number of rotatable bonds is 1. The zero-order valence-corrected chi connectivity index (χ0v) is 9.69. The summed E-state index contributed by atoms with van der Waals surface area (Å²) in [4.78, 5) is 16.6. The number of nitrogens with zero attached hydrogens (tertiary/aromatic N) is 1. The fourth-order valence-electron chi connectivity index (χ4n) is 3.47. The number of ether oxygens (including phenoxy) is 1. The first-order chi connectivity index (χ1) is 8.25. The minimum Gasteiger partial charge on any atom is -0.497 e. The minimum atomic E-state index is 0.109. The summed E-state index contributed by atoms with van der Waals surface area (Å²) in [6.45, 7) is 0.902. The Morgan fingerprint density at radius 3 is 3.12 bits per heavy atom. The van der Waals surface area contributed by atoms with Crippen LogP contribution in [0.4, 0.5) is 0 Å². The second kappa shape index (κ2) is 2.78. The molecule has 1 aromatic rings. The van der Waals surface area contributed by atoms with Crippen molar-refractivity contribution in [3.05, 3.63) is 29.3 Å². The van der Waals surface area contributed by atoms with E-state index in [0.29, 0.717) is 12.3 Å². The van der Waals surface area contributed by atoms with Gasteiger partial charge in [-0.3, -0.25) is 9.79 Å². The topological polar surface area (TPSA) is 38.7 Å². The van der Waals surface area contributed by atoms with Gasteiger partial charge in [0.05, 0.1) is 7.11 Å². The maximum Gasteiger partial charge on any atom is 0.168 e. The Hall–Kier alpha value is -1.64. The molecule has 86 valence electrons. The van der Waals surface area contributed by atoms with Crippen molar-refractivity contribution in [2.75, 3.05) is 13.7 Å². The normalized spacial score (nSPS) is 32.4. The van der Waals surface area contributed by atoms with Crippen LogP contribution in [0.5, 0.6) is 5.75 Å². The average Bonchev–Trinajstić information content (AvgIpc) is 2.98. The molecule has 0 saturated heterocycles. The highest BCUT2D eigenvalue weighted by molar-refractivity contribution is 6.20. The van der Waals surface area contributed by atoms with Crippen molar-refractivity contribution >= 4 is 11.5 Å².